The van der Waals surface area contributed by atoms with Crippen LogP contribution in [0.2, 0.25) is 5.02 Å². The minimum Gasteiger partial charge on any atom is -0.399 e. The fraction of sp³-hybridized carbons (Fsp3) is 0.200. The zero-order valence-corrected chi connectivity index (χ0v) is 9.36. The highest BCUT2D eigenvalue weighted by atomic mass is 35.5. The lowest BCUT2D eigenvalue weighted by Crippen LogP contribution is -1.90. The molecule has 5 nitrogen and oxygen atoms in total. The molecule has 6 heteroatoms. The average Bonchev–Trinajstić information content (AvgIpc) is 2.71. The third kappa shape index (κ3) is 2.15. The summed E-state index contributed by atoms with van der Waals surface area (Å²) in [5.41, 5.74) is 6.87. The lowest BCUT2D eigenvalue weighted by Gasteiger charge is -1.99. The van der Waals surface area contributed by atoms with E-state index in [-0.39, 0.29) is 0 Å². The van der Waals surface area contributed by atoms with Crippen LogP contribution in [0.1, 0.15) is 5.82 Å². The summed E-state index contributed by atoms with van der Waals surface area (Å²) in [5, 5.41) is 4.26. The van der Waals surface area contributed by atoms with Crippen molar-refractivity contribution in [2.45, 2.75) is 6.61 Å². The number of anilines is 1. The van der Waals surface area contributed by atoms with Crippen LogP contribution in [-0.2, 0) is 11.3 Å². The monoisotopic (exact) mass is 239 g/mol. The van der Waals surface area contributed by atoms with E-state index in [1.807, 2.05) is 0 Å². The van der Waals surface area contributed by atoms with E-state index in [4.69, 9.17) is 26.6 Å². The number of nitrogens with zero attached hydrogens (tertiary/aromatic N) is 2. The zero-order chi connectivity index (χ0) is 11.5. The van der Waals surface area contributed by atoms with Crippen molar-refractivity contribution in [3.05, 3.63) is 29.0 Å². The summed E-state index contributed by atoms with van der Waals surface area (Å²) in [5.74, 6) is 0.806. The van der Waals surface area contributed by atoms with E-state index in [0.29, 0.717) is 34.6 Å². The second kappa shape index (κ2) is 4.51. The second-order valence-corrected chi connectivity index (χ2v) is 3.60. The quantitative estimate of drug-likeness (QED) is 0.831. The van der Waals surface area contributed by atoms with E-state index in [0.717, 1.165) is 0 Å². The number of nitrogen functional groups attached to an aromatic ring is 1. The highest BCUT2D eigenvalue weighted by molar-refractivity contribution is 6.33. The van der Waals surface area contributed by atoms with Gasteiger partial charge in [0.25, 0.3) is 5.89 Å². The van der Waals surface area contributed by atoms with Crippen LogP contribution in [0, 0.1) is 0 Å². The summed E-state index contributed by atoms with van der Waals surface area (Å²) in [7, 11) is 1.56. The molecule has 0 bridgehead atoms. The molecule has 2 rings (SSSR count). The van der Waals surface area contributed by atoms with Crippen LogP contribution in [0.5, 0.6) is 0 Å². The van der Waals surface area contributed by atoms with Gasteiger partial charge in [0.2, 0.25) is 0 Å². The van der Waals surface area contributed by atoms with Gasteiger partial charge in [0, 0.05) is 12.8 Å². The summed E-state index contributed by atoms with van der Waals surface area (Å²) >= 11 is 6.00. The molecule has 0 aliphatic heterocycles. The Morgan fingerprint density at radius 1 is 1.50 bits per heavy atom. The second-order valence-electron chi connectivity index (χ2n) is 3.19. The van der Waals surface area contributed by atoms with Crippen molar-refractivity contribution in [3.8, 4) is 11.5 Å². The third-order valence-corrected chi connectivity index (χ3v) is 2.29. The summed E-state index contributed by atoms with van der Waals surface area (Å²) in [6.45, 7) is 0.295. The molecule has 0 aliphatic rings. The number of hydrogen-bond donors (Lipinski definition) is 1. The van der Waals surface area contributed by atoms with Gasteiger partial charge in [-0.2, -0.15) is 4.98 Å². The molecule has 0 atom stereocenters. The van der Waals surface area contributed by atoms with E-state index in [9.17, 15) is 0 Å². The molecule has 84 valence electrons. The van der Waals surface area contributed by atoms with E-state index >= 15 is 0 Å². The van der Waals surface area contributed by atoms with Crippen LogP contribution in [0.25, 0.3) is 11.5 Å². The average molecular weight is 240 g/mol. The standard InChI is InChI=1S/C10H10ClN3O2/c1-15-5-9-13-10(16-14-9)7-4-6(12)2-3-8(7)11/h2-4H,5,12H2,1H3. The van der Waals surface area contributed by atoms with Crippen molar-refractivity contribution in [1.29, 1.82) is 0 Å². The van der Waals surface area contributed by atoms with Crippen molar-refractivity contribution in [1.82, 2.24) is 10.1 Å². The van der Waals surface area contributed by atoms with Gasteiger partial charge < -0.3 is 15.0 Å². The fourth-order valence-corrected chi connectivity index (χ4v) is 1.46. The third-order valence-electron chi connectivity index (χ3n) is 1.96. The van der Waals surface area contributed by atoms with Gasteiger partial charge in [-0.15, -0.1) is 0 Å². The molecular formula is C10H10ClN3O2. The highest BCUT2D eigenvalue weighted by Gasteiger charge is 2.12. The Morgan fingerprint density at radius 2 is 2.31 bits per heavy atom. The van der Waals surface area contributed by atoms with Crippen LogP contribution in [-0.4, -0.2) is 17.3 Å². The molecule has 0 aliphatic carbocycles. The molecule has 0 saturated carbocycles. The van der Waals surface area contributed by atoms with Gasteiger partial charge in [-0.1, -0.05) is 16.8 Å². The first-order valence-corrected chi connectivity index (χ1v) is 4.95. The predicted molar refractivity (Wildman–Crippen MR) is 59.9 cm³/mol. The number of nitrogens with two attached hydrogens (primary N) is 1. The number of benzene rings is 1. The first-order chi connectivity index (χ1) is 7.70. The van der Waals surface area contributed by atoms with Crippen LogP contribution in [0.15, 0.2) is 22.7 Å². The Morgan fingerprint density at radius 3 is 3.06 bits per heavy atom. The first-order valence-electron chi connectivity index (χ1n) is 4.57. The molecule has 0 amide bonds. The SMILES string of the molecule is COCc1noc(-c2cc(N)ccc2Cl)n1. The Labute approximate surface area is 97.2 Å². The van der Waals surface area contributed by atoms with E-state index in [2.05, 4.69) is 10.1 Å². The number of rotatable bonds is 3. The van der Waals surface area contributed by atoms with Gasteiger partial charge in [-0.05, 0) is 18.2 Å². The number of methoxy groups -OCH3 is 1. The largest absolute Gasteiger partial charge is 0.399 e. The van der Waals surface area contributed by atoms with Gasteiger partial charge in [-0.25, -0.2) is 0 Å². The van der Waals surface area contributed by atoms with Crippen LogP contribution < -0.4 is 5.73 Å². The molecule has 1 heterocycles. The van der Waals surface area contributed by atoms with Crippen LogP contribution in [0.3, 0.4) is 0 Å². The van der Waals surface area contributed by atoms with Crippen molar-refractivity contribution in [2.24, 2.45) is 0 Å². The van der Waals surface area contributed by atoms with Gasteiger partial charge in [0.05, 0.1) is 10.6 Å². The van der Waals surface area contributed by atoms with Crippen LogP contribution >= 0.6 is 11.6 Å². The first kappa shape index (κ1) is 10.9. The van der Waals surface area contributed by atoms with Gasteiger partial charge in [-0.3, -0.25) is 0 Å². The highest BCUT2D eigenvalue weighted by Crippen LogP contribution is 2.28. The summed E-state index contributed by atoms with van der Waals surface area (Å²) in [6, 6.07) is 5.08. The summed E-state index contributed by atoms with van der Waals surface area (Å²) in [6.07, 6.45) is 0. The van der Waals surface area contributed by atoms with Crippen LogP contribution in [0.4, 0.5) is 5.69 Å². The summed E-state index contributed by atoms with van der Waals surface area (Å²) in [4.78, 5) is 4.13. The molecule has 1 aromatic carbocycles. The number of halogens is 1. The maximum Gasteiger partial charge on any atom is 0.259 e. The Kier molecular flexibility index (Phi) is 3.07. The van der Waals surface area contributed by atoms with Gasteiger partial charge >= 0.3 is 0 Å². The Bertz CT molecular complexity index is 499. The van der Waals surface area contributed by atoms with E-state index < -0.39 is 0 Å². The maximum atomic E-state index is 6.00. The van der Waals surface area contributed by atoms with Crippen molar-refractivity contribution < 1.29 is 9.26 Å². The minimum absolute atomic E-state index is 0.295. The fourth-order valence-electron chi connectivity index (χ4n) is 1.26. The van der Waals surface area contributed by atoms with E-state index in [1.165, 1.54) is 0 Å². The molecule has 0 fully saturated rings. The topological polar surface area (TPSA) is 74.2 Å². The molecule has 0 saturated heterocycles. The van der Waals surface area contributed by atoms with E-state index in [1.54, 1.807) is 25.3 Å². The molecule has 0 spiro atoms. The molecule has 2 aromatic rings. The molecule has 2 N–H and O–H groups in total. The lowest BCUT2D eigenvalue weighted by atomic mass is 10.2. The maximum absolute atomic E-state index is 6.00. The molecule has 1 aromatic heterocycles. The van der Waals surface area contributed by atoms with Crippen molar-refractivity contribution in [3.63, 3.8) is 0 Å². The van der Waals surface area contributed by atoms with Crippen molar-refractivity contribution >= 4 is 17.3 Å². The van der Waals surface area contributed by atoms with Crippen molar-refractivity contribution in [2.75, 3.05) is 12.8 Å². The molecule has 0 unspecified atom stereocenters. The number of hydrogen-bond acceptors (Lipinski definition) is 5. The smallest absolute Gasteiger partial charge is 0.259 e. The van der Waals surface area contributed by atoms with Gasteiger partial charge in [0.1, 0.15) is 6.61 Å². The Balaban J connectivity index is 2.38. The normalized spacial score (nSPS) is 10.6. The zero-order valence-electron chi connectivity index (χ0n) is 8.61. The Hall–Kier alpha value is -1.59. The molecular weight excluding hydrogens is 230 g/mol. The van der Waals surface area contributed by atoms with Gasteiger partial charge in [0.15, 0.2) is 5.82 Å². The number of ether oxygens (including phenoxy) is 1. The number of aromatic nitrogens is 2. The summed E-state index contributed by atoms with van der Waals surface area (Å²) < 4.78 is 9.95. The molecule has 0 radical (unpaired) electrons. The minimum atomic E-state index is 0.295. The lowest BCUT2D eigenvalue weighted by molar-refractivity contribution is 0.174. The molecule has 16 heavy (non-hydrogen) atoms. The predicted octanol–water partition coefficient (Wildman–Crippen LogP) is 2.12.